The molecule has 0 radical (unpaired) electrons. The van der Waals surface area contributed by atoms with E-state index in [0.717, 1.165) is 0 Å². The summed E-state index contributed by atoms with van der Waals surface area (Å²) in [6.07, 6.45) is -0.0152. The van der Waals surface area contributed by atoms with Crippen molar-refractivity contribution in [1.29, 1.82) is 0 Å². The summed E-state index contributed by atoms with van der Waals surface area (Å²) in [6, 6.07) is 11.9. The van der Waals surface area contributed by atoms with Crippen LogP contribution in [0.25, 0.3) is 0 Å². The van der Waals surface area contributed by atoms with Crippen LogP contribution in [0.1, 0.15) is 12.5 Å². The minimum atomic E-state index is -0.557. The van der Waals surface area contributed by atoms with Crippen molar-refractivity contribution in [3.8, 4) is 11.5 Å². The van der Waals surface area contributed by atoms with Crippen molar-refractivity contribution >= 4 is 29.2 Å². The van der Waals surface area contributed by atoms with Gasteiger partial charge in [0.05, 0.1) is 26.3 Å². The summed E-state index contributed by atoms with van der Waals surface area (Å²) < 4.78 is 15.4. The topological polar surface area (TPSA) is 103 Å². The van der Waals surface area contributed by atoms with Gasteiger partial charge in [0.1, 0.15) is 11.5 Å². The average Bonchev–Trinajstić information content (AvgIpc) is 2.66. The second-order valence-corrected chi connectivity index (χ2v) is 5.79. The van der Waals surface area contributed by atoms with Gasteiger partial charge in [0.2, 0.25) is 5.91 Å². The van der Waals surface area contributed by atoms with E-state index in [9.17, 15) is 14.4 Å². The van der Waals surface area contributed by atoms with E-state index in [1.807, 2.05) is 0 Å². The number of rotatable bonds is 8. The Morgan fingerprint density at radius 3 is 2.32 bits per heavy atom. The van der Waals surface area contributed by atoms with Crippen LogP contribution in [0.15, 0.2) is 42.5 Å². The van der Waals surface area contributed by atoms with E-state index in [1.54, 1.807) is 42.5 Å². The summed E-state index contributed by atoms with van der Waals surface area (Å²) >= 11 is 0. The number of hydrogen-bond acceptors (Lipinski definition) is 6. The molecule has 8 nitrogen and oxygen atoms in total. The molecule has 0 unspecified atom stereocenters. The molecule has 0 aromatic heterocycles. The Labute approximate surface area is 162 Å². The molecule has 0 heterocycles. The molecule has 148 valence electrons. The maximum Gasteiger partial charge on any atom is 0.310 e. The van der Waals surface area contributed by atoms with Crippen LogP contribution in [0.5, 0.6) is 11.5 Å². The zero-order valence-electron chi connectivity index (χ0n) is 15.9. The molecule has 0 spiro atoms. The van der Waals surface area contributed by atoms with E-state index < -0.39 is 18.5 Å². The lowest BCUT2D eigenvalue weighted by Crippen LogP contribution is -2.22. The van der Waals surface area contributed by atoms with Crippen LogP contribution in [-0.2, 0) is 25.5 Å². The van der Waals surface area contributed by atoms with E-state index in [1.165, 1.54) is 21.1 Å². The molecule has 2 aromatic rings. The molecule has 0 aliphatic carbocycles. The van der Waals surface area contributed by atoms with E-state index in [4.69, 9.17) is 14.2 Å². The fourth-order valence-electron chi connectivity index (χ4n) is 2.47. The number of hydrogen-bond donors (Lipinski definition) is 2. The Morgan fingerprint density at radius 1 is 0.929 bits per heavy atom. The van der Waals surface area contributed by atoms with Crippen molar-refractivity contribution in [2.45, 2.75) is 13.3 Å². The monoisotopic (exact) mass is 386 g/mol. The Kier molecular flexibility index (Phi) is 7.38. The highest BCUT2D eigenvalue weighted by molar-refractivity contribution is 5.96. The van der Waals surface area contributed by atoms with Gasteiger partial charge in [0.25, 0.3) is 5.91 Å². The minimum Gasteiger partial charge on any atom is -0.496 e. The zero-order valence-corrected chi connectivity index (χ0v) is 15.9. The van der Waals surface area contributed by atoms with Crippen LogP contribution in [-0.4, -0.2) is 38.6 Å². The predicted octanol–water partition coefficient (Wildman–Crippen LogP) is 2.39. The molecule has 8 heteroatoms. The second kappa shape index (κ2) is 9.96. The molecule has 0 fully saturated rings. The first-order valence-electron chi connectivity index (χ1n) is 8.46. The molecule has 0 saturated heterocycles. The Bertz CT molecular complexity index is 866. The van der Waals surface area contributed by atoms with E-state index in [-0.39, 0.29) is 12.3 Å². The van der Waals surface area contributed by atoms with Crippen molar-refractivity contribution < 1.29 is 28.6 Å². The van der Waals surface area contributed by atoms with E-state index in [0.29, 0.717) is 28.4 Å². The number of amides is 2. The zero-order chi connectivity index (χ0) is 20.5. The van der Waals surface area contributed by atoms with Crippen molar-refractivity contribution in [3.05, 3.63) is 48.0 Å². The summed E-state index contributed by atoms with van der Waals surface area (Å²) in [6.45, 7) is 0.922. The minimum absolute atomic E-state index is 0.0152. The Hall–Kier alpha value is -3.55. The van der Waals surface area contributed by atoms with Gasteiger partial charge in [0, 0.05) is 18.2 Å². The SMILES string of the molecule is COc1ccccc1CC(=O)OCC(=O)Nc1cc(NC(C)=O)ccc1OC. The standard InChI is InChI=1S/C20H22N2O6/c1-13(23)21-15-8-9-18(27-3)16(11-15)22-19(24)12-28-20(25)10-14-6-4-5-7-17(14)26-2/h4-9,11H,10,12H2,1-3H3,(H,21,23)(H,22,24). The number of benzene rings is 2. The van der Waals surface area contributed by atoms with Crippen LogP contribution in [0, 0.1) is 0 Å². The van der Waals surface area contributed by atoms with Gasteiger partial charge in [-0.25, -0.2) is 0 Å². The maximum absolute atomic E-state index is 12.1. The normalized spacial score (nSPS) is 9.96. The smallest absolute Gasteiger partial charge is 0.310 e. The van der Waals surface area contributed by atoms with Gasteiger partial charge < -0.3 is 24.8 Å². The van der Waals surface area contributed by atoms with Crippen LogP contribution in [0.4, 0.5) is 11.4 Å². The summed E-state index contributed by atoms with van der Waals surface area (Å²) in [7, 11) is 2.97. The third kappa shape index (κ3) is 6.01. The fourth-order valence-corrected chi connectivity index (χ4v) is 2.47. The molecule has 28 heavy (non-hydrogen) atoms. The third-order valence-electron chi connectivity index (χ3n) is 3.69. The molecule has 2 aromatic carbocycles. The molecule has 2 amide bonds. The van der Waals surface area contributed by atoms with Crippen molar-refractivity contribution in [2.24, 2.45) is 0 Å². The third-order valence-corrected chi connectivity index (χ3v) is 3.69. The lowest BCUT2D eigenvalue weighted by Gasteiger charge is -2.13. The number of ether oxygens (including phenoxy) is 3. The number of carbonyl (C=O) groups excluding carboxylic acids is 3. The van der Waals surface area contributed by atoms with Gasteiger partial charge in [-0.1, -0.05) is 18.2 Å². The molecule has 0 aliphatic rings. The number of para-hydroxylation sites is 1. The van der Waals surface area contributed by atoms with Crippen LogP contribution < -0.4 is 20.1 Å². The summed E-state index contributed by atoms with van der Waals surface area (Å²) in [5.41, 5.74) is 1.51. The number of carbonyl (C=O) groups is 3. The van der Waals surface area contributed by atoms with Gasteiger partial charge in [-0.2, -0.15) is 0 Å². The van der Waals surface area contributed by atoms with Crippen molar-refractivity contribution in [2.75, 3.05) is 31.5 Å². The van der Waals surface area contributed by atoms with E-state index in [2.05, 4.69) is 10.6 Å². The van der Waals surface area contributed by atoms with Crippen LogP contribution >= 0.6 is 0 Å². The van der Waals surface area contributed by atoms with Gasteiger partial charge in [-0.3, -0.25) is 14.4 Å². The lowest BCUT2D eigenvalue weighted by molar-refractivity contribution is -0.146. The lowest BCUT2D eigenvalue weighted by atomic mass is 10.1. The predicted molar refractivity (Wildman–Crippen MR) is 104 cm³/mol. The Morgan fingerprint density at radius 2 is 1.64 bits per heavy atom. The fraction of sp³-hybridized carbons (Fsp3) is 0.250. The van der Waals surface area contributed by atoms with Gasteiger partial charge >= 0.3 is 5.97 Å². The molecule has 2 N–H and O–H groups in total. The van der Waals surface area contributed by atoms with Crippen molar-refractivity contribution in [3.63, 3.8) is 0 Å². The van der Waals surface area contributed by atoms with Crippen molar-refractivity contribution in [1.82, 2.24) is 0 Å². The van der Waals surface area contributed by atoms with Crippen LogP contribution in [0.3, 0.4) is 0 Å². The number of esters is 1. The maximum atomic E-state index is 12.1. The summed E-state index contributed by atoms with van der Waals surface area (Å²) in [5, 5.41) is 5.21. The highest BCUT2D eigenvalue weighted by Gasteiger charge is 2.13. The molecular formula is C20H22N2O6. The number of methoxy groups -OCH3 is 2. The largest absolute Gasteiger partial charge is 0.496 e. The first-order chi connectivity index (χ1) is 13.4. The second-order valence-electron chi connectivity index (χ2n) is 5.79. The summed E-state index contributed by atoms with van der Waals surface area (Å²) in [5.74, 6) is -0.357. The first-order valence-corrected chi connectivity index (χ1v) is 8.46. The quantitative estimate of drug-likeness (QED) is 0.676. The molecule has 0 atom stereocenters. The number of anilines is 2. The molecular weight excluding hydrogens is 364 g/mol. The first kappa shape index (κ1) is 20.8. The molecule has 2 rings (SSSR count). The highest BCUT2D eigenvalue weighted by Crippen LogP contribution is 2.27. The van der Waals surface area contributed by atoms with Gasteiger partial charge in [0.15, 0.2) is 6.61 Å². The van der Waals surface area contributed by atoms with E-state index >= 15 is 0 Å². The van der Waals surface area contributed by atoms with Crippen LogP contribution in [0.2, 0.25) is 0 Å². The van der Waals surface area contributed by atoms with Gasteiger partial charge in [-0.15, -0.1) is 0 Å². The number of nitrogens with one attached hydrogen (secondary N) is 2. The highest BCUT2D eigenvalue weighted by atomic mass is 16.5. The molecule has 0 bridgehead atoms. The Balaban J connectivity index is 1.94. The molecule has 0 saturated carbocycles. The average molecular weight is 386 g/mol. The molecule has 0 aliphatic heterocycles. The summed E-state index contributed by atoms with van der Waals surface area (Å²) in [4.78, 5) is 35.3. The van der Waals surface area contributed by atoms with Gasteiger partial charge in [-0.05, 0) is 24.3 Å².